The van der Waals surface area contributed by atoms with Gasteiger partial charge < -0.3 is 0 Å². The largest absolute Gasteiger partial charge is 0.254 e. The average molecular weight is 464 g/mol. The lowest BCUT2D eigenvalue weighted by molar-refractivity contribution is 0.966. The van der Waals surface area contributed by atoms with Crippen LogP contribution < -0.4 is 0 Å². The zero-order valence-electron chi connectivity index (χ0n) is 18.4. The molecule has 10 nitrogen and oxygen atoms in total. The van der Waals surface area contributed by atoms with Gasteiger partial charge in [0, 0.05) is 46.3 Å². The normalized spacial score (nSPS) is 11.9. The van der Waals surface area contributed by atoms with Gasteiger partial charge in [0.25, 0.3) is 0 Å². The van der Waals surface area contributed by atoms with Crippen molar-refractivity contribution in [2.24, 2.45) is 0 Å². The van der Waals surface area contributed by atoms with Crippen molar-refractivity contribution in [2.45, 2.75) is 0 Å². The van der Waals surface area contributed by atoms with Gasteiger partial charge in [-0.1, -0.05) is 0 Å². The summed E-state index contributed by atoms with van der Waals surface area (Å²) in [5.41, 5.74) is 5.61. The van der Waals surface area contributed by atoms with Crippen molar-refractivity contribution in [3.63, 3.8) is 0 Å². The Morgan fingerprint density at radius 3 is 1.03 bits per heavy atom. The zero-order chi connectivity index (χ0) is 23.6. The van der Waals surface area contributed by atoms with Gasteiger partial charge in [0.05, 0.1) is 22.1 Å². The minimum Gasteiger partial charge on any atom is -0.254 e. The molecule has 2 aromatic carbocycles. The topological polar surface area (TPSA) is 129 Å². The molecule has 0 N–H and O–H groups in total. The summed E-state index contributed by atoms with van der Waals surface area (Å²) in [5, 5.41) is 21.1. The third kappa shape index (κ3) is 2.55. The van der Waals surface area contributed by atoms with Crippen LogP contribution in [0.5, 0.6) is 0 Å². The summed E-state index contributed by atoms with van der Waals surface area (Å²) < 4.78 is 0. The second-order valence-electron chi connectivity index (χ2n) is 8.26. The van der Waals surface area contributed by atoms with E-state index in [4.69, 9.17) is 9.97 Å². The minimum atomic E-state index is 0.272. The first-order chi connectivity index (χ1) is 17.9. The van der Waals surface area contributed by atoms with E-state index in [-0.39, 0.29) is 11.6 Å². The van der Waals surface area contributed by atoms with E-state index in [9.17, 15) is 0 Å². The molecule has 10 heteroatoms. The summed E-state index contributed by atoms with van der Waals surface area (Å²) in [6, 6.07) is 15.3. The van der Waals surface area contributed by atoms with Crippen LogP contribution in [-0.4, -0.2) is 50.3 Å². The molecule has 0 atom stereocenters. The van der Waals surface area contributed by atoms with Crippen molar-refractivity contribution in [1.82, 2.24) is 50.3 Å². The first-order valence-electron chi connectivity index (χ1n) is 11.2. The van der Waals surface area contributed by atoms with Crippen molar-refractivity contribution >= 4 is 65.7 Å². The predicted octanol–water partition coefficient (Wildman–Crippen LogP) is 4.22. The monoisotopic (exact) mass is 464 g/mol. The molecule has 0 bridgehead atoms. The van der Waals surface area contributed by atoms with Crippen LogP contribution in [0.15, 0.2) is 73.3 Å². The Hall–Kier alpha value is -5.38. The number of pyridine rings is 4. The lowest BCUT2D eigenvalue weighted by Gasteiger charge is -2.09. The van der Waals surface area contributed by atoms with Gasteiger partial charge >= 0.3 is 0 Å². The van der Waals surface area contributed by atoms with Gasteiger partial charge in [-0.15, -0.1) is 20.4 Å². The Kier molecular flexibility index (Phi) is 3.72. The van der Waals surface area contributed by atoms with E-state index in [1.54, 1.807) is 24.8 Å². The number of nitrogens with zero attached hydrogens (tertiary/aromatic N) is 10. The summed E-state index contributed by atoms with van der Waals surface area (Å²) >= 11 is 0. The maximum Gasteiger partial charge on any atom is 0.222 e. The highest BCUT2D eigenvalue weighted by atomic mass is 15.2. The maximum absolute atomic E-state index is 4.84. The number of rotatable bonds is 1. The first kappa shape index (κ1) is 19.0. The van der Waals surface area contributed by atoms with Crippen LogP contribution in [0.1, 0.15) is 0 Å². The molecule has 0 fully saturated rings. The Morgan fingerprint density at radius 1 is 0.333 bits per heavy atom. The molecule has 0 saturated heterocycles. The standard InChI is InChI=1S/C26H12N10/c1-5-13-17(27-9-1)19-15(7-3-11-29-19)23-21(13)31-25(35-33-23)26-32-22-14-6-2-10-28-18(14)20-16(8-4-12-30-20)24(22)34-36-26/h1-12H. The molecule has 0 radical (unpaired) electrons. The third-order valence-corrected chi connectivity index (χ3v) is 6.27. The smallest absolute Gasteiger partial charge is 0.222 e. The third-order valence-electron chi connectivity index (χ3n) is 6.27. The van der Waals surface area contributed by atoms with E-state index in [0.29, 0.717) is 22.1 Å². The molecule has 0 unspecified atom stereocenters. The van der Waals surface area contributed by atoms with Crippen LogP contribution in [0.3, 0.4) is 0 Å². The van der Waals surface area contributed by atoms with Gasteiger partial charge in [-0.2, -0.15) is 0 Å². The fourth-order valence-corrected chi connectivity index (χ4v) is 4.72. The van der Waals surface area contributed by atoms with E-state index in [0.717, 1.165) is 43.6 Å². The number of fused-ring (bicyclic) bond motifs is 12. The van der Waals surface area contributed by atoms with Gasteiger partial charge in [-0.05, 0) is 48.5 Å². The Morgan fingerprint density at radius 2 is 0.667 bits per heavy atom. The van der Waals surface area contributed by atoms with Crippen LogP contribution in [0.2, 0.25) is 0 Å². The quantitative estimate of drug-likeness (QED) is 0.325. The van der Waals surface area contributed by atoms with Gasteiger partial charge in [-0.3, -0.25) is 19.9 Å². The fraction of sp³-hybridized carbons (Fsp3) is 0. The highest BCUT2D eigenvalue weighted by Gasteiger charge is 2.18. The van der Waals surface area contributed by atoms with Gasteiger partial charge in [-0.25, -0.2) is 9.97 Å². The van der Waals surface area contributed by atoms with Crippen molar-refractivity contribution in [2.75, 3.05) is 0 Å². The minimum absolute atomic E-state index is 0.272. The molecule has 166 valence electrons. The lowest BCUT2D eigenvalue weighted by atomic mass is 10.1. The average Bonchev–Trinajstić information content (AvgIpc) is 2.97. The summed E-state index contributed by atoms with van der Waals surface area (Å²) in [6.45, 7) is 0. The number of aromatic nitrogens is 10. The Labute approximate surface area is 201 Å². The zero-order valence-corrected chi connectivity index (χ0v) is 18.4. The highest BCUT2D eigenvalue weighted by molar-refractivity contribution is 6.21. The van der Waals surface area contributed by atoms with Crippen LogP contribution in [0.25, 0.3) is 77.3 Å². The molecule has 6 aromatic heterocycles. The van der Waals surface area contributed by atoms with Crippen LogP contribution in [0.4, 0.5) is 0 Å². The second kappa shape index (κ2) is 7.06. The SMILES string of the molecule is c1cnc2c(c1)c1nnc(-c3nnc4c5cccnc5c5ncccc5c4n3)nc1c1cccnc12. The molecule has 8 rings (SSSR count). The van der Waals surface area contributed by atoms with Crippen LogP contribution >= 0.6 is 0 Å². The molecule has 0 saturated carbocycles. The highest BCUT2D eigenvalue weighted by Crippen LogP contribution is 2.32. The molecule has 0 spiro atoms. The Balaban J connectivity index is 1.45. The fourth-order valence-electron chi connectivity index (χ4n) is 4.72. The van der Waals surface area contributed by atoms with Crippen LogP contribution in [0, 0.1) is 0 Å². The van der Waals surface area contributed by atoms with Crippen molar-refractivity contribution < 1.29 is 0 Å². The molecular weight excluding hydrogens is 452 g/mol. The van der Waals surface area contributed by atoms with Gasteiger partial charge in [0.15, 0.2) is 0 Å². The molecular formula is C26H12N10. The molecule has 36 heavy (non-hydrogen) atoms. The maximum atomic E-state index is 4.84. The number of hydrogen-bond donors (Lipinski definition) is 0. The van der Waals surface area contributed by atoms with Crippen LogP contribution in [-0.2, 0) is 0 Å². The van der Waals surface area contributed by atoms with E-state index < -0.39 is 0 Å². The van der Waals surface area contributed by atoms with E-state index in [2.05, 4.69) is 40.3 Å². The van der Waals surface area contributed by atoms with Crippen molar-refractivity contribution in [3.8, 4) is 11.6 Å². The van der Waals surface area contributed by atoms with Crippen molar-refractivity contribution in [1.29, 1.82) is 0 Å². The number of hydrogen-bond acceptors (Lipinski definition) is 10. The lowest BCUT2D eigenvalue weighted by Crippen LogP contribution is -2.02. The van der Waals surface area contributed by atoms with Crippen molar-refractivity contribution in [3.05, 3.63) is 73.3 Å². The van der Waals surface area contributed by atoms with Gasteiger partial charge in [0.2, 0.25) is 11.6 Å². The molecule has 0 aliphatic rings. The Bertz CT molecular complexity index is 1950. The first-order valence-corrected chi connectivity index (χ1v) is 11.2. The molecule has 0 aliphatic heterocycles. The van der Waals surface area contributed by atoms with E-state index >= 15 is 0 Å². The second-order valence-corrected chi connectivity index (χ2v) is 8.26. The molecule has 0 amide bonds. The summed E-state index contributed by atoms with van der Waals surface area (Å²) in [5.74, 6) is 0.544. The van der Waals surface area contributed by atoms with E-state index in [1.165, 1.54) is 0 Å². The molecule has 8 aromatic rings. The molecule has 6 heterocycles. The summed E-state index contributed by atoms with van der Waals surface area (Å²) in [7, 11) is 0. The summed E-state index contributed by atoms with van der Waals surface area (Å²) in [4.78, 5) is 27.8. The molecule has 0 aliphatic carbocycles. The van der Waals surface area contributed by atoms with E-state index in [1.807, 2.05) is 48.5 Å². The number of benzene rings is 2. The predicted molar refractivity (Wildman–Crippen MR) is 135 cm³/mol. The summed E-state index contributed by atoms with van der Waals surface area (Å²) in [6.07, 6.45) is 6.97. The van der Waals surface area contributed by atoms with Gasteiger partial charge in [0.1, 0.15) is 22.1 Å².